The van der Waals surface area contributed by atoms with E-state index in [4.69, 9.17) is 0 Å². The van der Waals surface area contributed by atoms with Crippen LogP contribution >= 0.6 is 11.3 Å². The maximum Gasteiger partial charge on any atom is 0.312 e. The van der Waals surface area contributed by atoms with Gasteiger partial charge in [0.1, 0.15) is 11.4 Å². The van der Waals surface area contributed by atoms with Gasteiger partial charge in [0, 0.05) is 16.9 Å². The average molecular weight is 414 g/mol. The SMILES string of the molecule is Cc1nn(Cc2ccc(C(=O)NCc3csc(C(C)C)n3)cc2)c(C)c1[N+](=O)[O-]. The highest BCUT2D eigenvalue weighted by atomic mass is 32.1. The maximum atomic E-state index is 12.4. The van der Waals surface area contributed by atoms with Gasteiger partial charge in [0.15, 0.2) is 0 Å². The van der Waals surface area contributed by atoms with Gasteiger partial charge in [-0.2, -0.15) is 5.10 Å². The topological polar surface area (TPSA) is 103 Å². The summed E-state index contributed by atoms with van der Waals surface area (Å²) in [4.78, 5) is 27.6. The van der Waals surface area contributed by atoms with Gasteiger partial charge in [0.25, 0.3) is 5.91 Å². The lowest BCUT2D eigenvalue weighted by Crippen LogP contribution is -2.23. The molecule has 0 radical (unpaired) electrons. The molecule has 9 heteroatoms. The Bertz CT molecular complexity index is 1040. The number of carbonyl (C=O) groups excluding carboxylic acids is 1. The normalized spacial score (nSPS) is 11.1. The fourth-order valence-corrected chi connectivity index (χ4v) is 3.82. The fourth-order valence-electron chi connectivity index (χ4n) is 2.98. The molecule has 0 atom stereocenters. The summed E-state index contributed by atoms with van der Waals surface area (Å²) in [5.74, 6) is 0.207. The van der Waals surface area contributed by atoms with Crippen LogP contribution in [0, 0.1) is 24.0 Å². The molecule has 0 spiro atoms. The number of carbonyl (C=O) groups is 1. The van der Waals surface area contributed by atoms with E-state index >= 15 is 0 Å². The monoisotopic (exact) mass is 413 g/mol. The lowest BCUT2D eigenvalue weighted by atomic mass is 10.1. The molecule has 0 bridgehead atoms. The van der Waals surface area contributed by atoms with Gasteiger partial charge >= 0.3 is 5.69 Å². The van der Waals surface area contributed by atoms with Crippen molar-refractivity contribution in [3.05, 3.63) is 73.0 Å². The molecule has 8 nitrogen and oxygen atoms in total. The molecule has 3 aromatic rings. The minimum Gasteiger partial charge on any atom is -0.346 e. The van der Waals surface area contributed by atoms with Crippen LogP contribution in [0.25, 0.3) is 0 Å². The van der Waals surface area contributed by atoms with Crippen LogP contribution in [0.2, 0.25) is 0 Å². The molecule has 0 aliphatic heterocycles. The van der Waals surface area contributed by atoms with Crippen LogP contribution < -0.4 is 5.32 Å². The predicted octanol–water partition coefficient (Wildman–Crippen LogP) is 3.97. The van der Waals surface area contributed by atoms with Gasteiger partial charge in [-0.05, 0) is 31.5 Å². The lowest BCUT2D eigenvalue weighted by molar-refractivity contribution is -0.386. The third kappa shape index (κ3) is 4.68. The summed E-state index contributed by atoms with van der Waals surface area (Å²) >= 11 is 1.60. The van der Waals surface area contributed by atoms with Crippen molar-refractivity contribution in [3.63, 3.8) is 0 Å². The second-order valence-electron chi connectivity index (χ2n) is 7.15. The first-order chi connectivity index (χ1) is 13.8. The van der Waals surface area contributed by atoms with E-state index in [-0.39, 0.29) is 11.6 Å². The summed E-state index contributed by atoms with van der Waals surface area (Å²) in [6, 6.07) is 7.14. The molecule has 1 N–H and O–H groups in total. The van der Waals surface area contributed by atoms with Gasteiger partial charge < -0.3 is 5.32 Å². The molecular weight excluding hydrogens is 390 g/mol. The molecule has 0 aliphatic carbocycles. The van der Waals surface area contributed by atoms with Crippen molar-refractivity contribution < 1.29 is 9.72 Å². The zero-order valence-electron chi connectivity index (χ0n) is 16.8. The standard InChI is InChI=1S/C20H23N5O3S/c1-12(2)20-22-17(11-29-20)9-21-19(26)16-7-5-15(6-8-16)10-24-14(4)18(25(27)28)13(3)23-24/h5-8,11-12H,9-10H2,1-4H3,(H,21,26). The predicted molar refractivity (Wildman–Crippen MR) is 111 cm³/mol. The van der Waals surface area contributed by atoms with E-state index < -0.39 is 4.92 Å². The average Bonchev–Trinajstić information content (AvgIpc) is 3.25. The minimum absolute atomic E-state index is 0.0451. The van der Waals surface area contributed by atoms with Crippen LogP contribution in [0.4, 0.5) is 5.69 Å². The Morgan fingerprint density at radius 1 is 1.28 bits per heavy atom. The van der Waals surface area contributed by atoms with Crippen molar-refractivity contribution in [1.29, 1.82) is 0 Å². The highest BCUT2D eigenvalue weighted by Crippen LogP contribution is 2.22. The Labute approximate surface area is 172 Å². The van der Waals surface area contributed by atoms with Gasteiger partial charge in [0.2, 0.25) is 0 Å². The van der Waals surface area contributed by atoms with Crippen LogP contribution in [0.5, 0.6) is 0 Å². The van der Waals surface area contributed by atoms with E-state index in [1.807, 2.05) is 17.5 Å². The van der Waals surface area contributed by atoms with Crippen molar-refractivity contribution >= 4 is 22.9 Å². The number of aryl methyl sites for hydroxylation is 1. The molecule has 1 amide bonds. The number of aromatic nitrogens is 3. The number of nitro groups is 1. The quantitative estimate of drug-likeness (QED) is 0.466. The maximum absolute atomic E-state index is 12.4. The van der Waals surface area contributed by atoms with Gasteiger partial charge in [-0.3, -0.25) is 19.6 Å². The van der Waals surface area contributed by atoms with Gasteiger partial charge in [-0.15, -0.1) is 11.3 Å². The van der Waals surface area contributed by atoms with E-state index in [1.54, 1.807) is 42.0 Å². The smallest absolute Gasteiger partial charge is 0.312 e. The van der Waals surface area contributed by atoms with E-state index in [1.165, 1.54) is 0 Å². The molecule has 0 saturated carbocycles. The fraction of sp³-hybridized carbons (Fsp3) is 0.350. The van der Waals surface area contributed by atoms with Crippen LogP contribution in [0.3, 0.4) is 0 Å². The number of nitrogens with zero attached hydrogens (tertiary/aromatic N) is 4. The van der Waals surface area contributed by atoms with Gasteiger partial charge in [-0.1, -0.05) is 26.0 Å². The first-order valence-electron chi connectivity index (χ1n) is 9.26. The van der Waals surface area contributed by atoms with Gasteiger partial charge in [0.05, 0.1) is 28.7 Å². The highest BCUT2D eigenvalue weighted by Gasteiger charge is 2.21. The van der Waals surface area contributed by atoms with Gasteiger partial charge in [-0.25, -0.2) is 4.98 Å². The molecule has 0 unspecified atom stereocenters. The molecule has 0 aliphatic rings. The molecule has 2 heterocycles. The van der Waals surface area contributed by atoms with E-state index in [0.717, 1.165) is 16.3 Å². The molecule has 2 aromatic heterocycles. The van der Waals surface area contributed by atoms with E-state index in [0.29, 0.717) is 36.0 Å². The Morgan fingerprint density at radius 2 is 1.97 bits per heavy atom. The molecule has 0 saturated heterocycles. The van der Waals surface area contributed by atoms with Crippen LogP contribution in [0.1, 0.15) is 57.8 Å². The van der Waals surface area contributed by atoms with E-state index in [9.17, 15) is 14.9 Å². The molecule has 1 aromatic carbocycles. The summed E-state index contributed by atoms with van der Waals surface area (Å²) in [5.41, 5.74) is 3.26. The van der Waals surface area contributed by atoms with Crippen molar-refractivity contribution in [3.8, 4) is 0 Å². The molecule has 152 valence electrons. The number of rotatable bonds is 7. The number of hydrogen-bond acceptors (Lipinski definition) is 6. The second-order valence-corrected chi connectivity index (χ2v) is 8.04. The molecular formula is C20H23N5O3S. The first-order valence-corrected chi connectivity index (χ1v) is 10.1. The Balaban J connectivity index is 1.63. The van der Waals surface area contributed by atoms with Crippen molar-refractivity contribution in [2.24, 2.45) is 0 Å². The minimum atomic E-state index is -0.409. The summed E-state index contributed by atoms with van der Waals surface area (Å²) in [7, 11) is 0. The number of nitrogens with one attached hydrogen (secondary N) is 1. The summed E-state index contributed by atoms with van der Waals surface area (Å²) in [6.07, 6.45) is 0. The third-order valence-electron chi connectivity index (χ3n) is 4.57. The summed E-state index contributed by atoms with van der Waals surface area (Å²) < 4.78 is 1.61. The van der Waals surface area contributed by atoms with Crippen LogP contribution in [0.15, 0.2) is 29.6 Å². The number of hydrogen-bond donors (Lipinski definition) is 1. The second kappa shape index (κ2) is 8.52. The highest BCUT2D eigenvalue weighted by molar-refractivity contribution is 7.09. The molecule has 3 rings (SSSR count). The lowest BCUT2D eigenvalue weighted by Gasteiger charge is -2.07. The molecule has 29 heavy (non-hydrogen) atoms. The first kappa shape index (κ1) is 20.7. The Kier molecular flexibility index (Phi) is 6.07. The number of thiazole rings is 1. The number of benzene rings is 1. The third-order valence-corrected chi connectivity index (χ3v) is 5.76. The summed E-state index contributed by atoms with van der Waals surface area (Å²) in [6.45, 7) is 8.28. The summed E-state index contributed by atoms with van der Waals surface area (Å²) in [5, 5.41) is 21.3. The largest absolute Gasteiger partial charge is 0.346 e. The van der Waals surface area contributed by atoms with Crippen LogP contribution in [-0.4, -0.2) is 25.6 Å². The van der Waals surface area contributed by atoms with Crippen molar-refractivity contribution in [2.45, 2.75) is 46.7 Å². The Hall–Kier alpha value is -3.07. The number of amides is 1. The van der Waals surface area contributed by atoms with Crippen molar-refractivity contribution in [1.82, 2.24) is 20.1 Å². The Morgan fingerprint density at radius 3 is 2.52 bits per heavy atom. The molecule has 0 fully saturated rings. The van der Waals surface area contributed by atoms with Crippen molar-refractivity contribution in [2.75, 3.05) is 0 Å². The van der Waals surface area contributed by atoms with E-state index in [2.05, 4.69) is 29.2 Å². The van der Waals surface area contributed by atoms with Crippen LogP contribution in [-0.2, 0) is 13.1 Å². The zero-order valence-corrected chi connectivity index (χ0v) is 17.6. The zero-order chi connectivity index (χ0) is 21.1.